The van der Waals surface area contributed by atoms with Crippen molar-refractivity contribution in [2.45, 2.75) is 0 Å². The van der Waals surface area contributed by atoms with E-state index in [1.165, 1.54) is 23.9 Å². The normalized spacial score (nSPS) is 15.9. The van der Waals surface area contributed by atoms with Gasteiger partial charge in [-0.15, -0.1) is 6.58 Å². The second-order valence-corrected chi connectivity index (χ2v) is 6.14. The molecule has 9 heteroatoms. The SMILES string of the molecule is C=CCNC(=S)/N=C1\SCCN1c1cc(Cl)ccc1[N+](=O)[O-]. The molecular formula is C13H13ClN4O2S2. The van der Waals surface area contributed by atoms with Crippen molar-refractivity contribution in [3.8, 4) is 0 Å². The highest BCUT2D eigenvalue weighted by Gasteiger charge is 2.28. The number of thiocarbonyl (C=S) groups is 1. The van der Waals surface area contributed by atoms with E-state index in [1.54, 1.807) is 17.0 Å². The first-order valence-corrected chi connectivity index (χ1v) is 8.12. The highest BCUT2D eigenvalue weighted by molar-refractivity contribution is 8.14. The van der Waals surface area contributed by atoms with Crippen LogP contribution in [0.15, 0.2) is 35.8 Å². The number of benzene rings is 1. The van der Waals surface area contributed by atoms with Gasteiger partial charge in [0, 0.05) is 29.9 Å². The van der Waals surface area contributed by atoms with Crippen molar-refractivity contribution < 1.29 is 4.92 Å². The van der Waals surface area contributed by atoms with Gasteiger partial charge in [0.2, 0.25) is 0 Å². The number of nitrogens with zero attached hydrogens (tertiary/aromatic N) is 3. The lowest BCUT2D eigenvalue weighted by Gasteiger charge is -2.18. The second kappa shape index (κ2) is 7.57. The van der Waals surface area contributed by atoms with Crippen LogP contribution in [0, 0.1) is 10.1 Å². The van der Waals surface area contributed by atoms with E-state index in [1.807, 2.05) is 0 Å². The molecule has 0 atom stereocenters. The Morgan fingerprint density at radius 1 is 1.68 bits per heavy atom. The molecule has 1 fully saturated rings. The summed E-state index contributed by atoms with van der Waals surface area (Å²) in [6.45, 7) is 4.71. The third-order valence-corrected chi connectivity index (χ3v) is 4.22. The average Bonchev–Trinajstić information content (AvgIpc) is 2.92. The summed E-state index contributed by atoms with van der Waals surface area (Å²) in [7, 11) is 0. The molecule has 0 spiro atoms. The molecular weight excluding hydrogens is 344 g/mol. The molecule has 2 rings (SSSR count). The molecule has 1 saturated heterocycles. The molecule has 1 aromatic carbocycles. The Bertz CT molecular complexity index is 651. The minimum atomic E-state index is -0.430. The van der Waals surface area contributed by atoms with Crippen LogP contribution in [0.1, 0.15) is 0 Å². The van der Waals surface area contributed by atoms with Crippen molar-refractivity contribution in [2.75, 3.05) is 23.7 Å². The summed E-state index contributed by atoms with van der Waals surface area (Å²) in [6, 6.07) is 4.47. The molecule has 1 aromatic rings. The number of aliphatic imine (C=N–C) groups is 1. The molecule has 0 amide bonds. The summed E-state index contributed by atoms with van der Waals surface area (Å²) in [5.41, 5.74) is 0.414. The van der Waals surface area contributed by atoms with Gasteiger partial charge in [-0.2, -0.15) is 4.99 Å². The summed E-state index contributed by atoms with van der Waals surface area (Å²) in [4.78, 5) is 16.8. The molecule has 1 heterocycles. The van der Waals surface area contributed by atoms with Crippen molar-refractivity contribution in [1.82, 2.24) is 5.32 Å². The van der Waals surface area contributed by atoms with E-state index in [-0.39, 0.29) is 5.69 Å². The van der Waals surface area contributed by atoms with E-state index in [2.05, 4.69) is 16.9 Å². The lowest BCUT2D eigenvalue weighted by atomic mass is 10.2. The number of nitro groups is 1. The summed E-state index contributed by atoms with van der Waals surface area (Å²) < 4.78 is 0. The number of nitrogens with one attached hydrogen (secondary N) is 1. The molecule has 0 radical (unpaired) electrons. The van der Waals surface area contributed by atoms with Gasteiger partial charge < -0.3 is 10.2 Å². The lowest BCUT2D eigenvalue weighted by Crippen LogP contribution is -2.28. The van der Waals surface area contributed by atoms with Crippen molar-refractivity contribution in [1.29, 1.82) is 0 Å². The maximum Gasteiger partial charge on any atom is 0.293 e. The Morgan fingerprint density at radius 3 is 3.14 bits per heavy atom. The van der Waals surface area contributed by atoms with Crippen LogP contribution in [0.3, 0.4) is 0 Å². The van der Waals surface area contributed by atoms with Gasteiger partial charge in [-0.1, -0.05) is 29.4 Å². The first kappa shape index (κ1) is 16.7. The summed E-state index contributed by atoms with van der Waals surface area (Å²) in [5, 5.41) is 15.5. The van der Waals surface area contributed by atoms with Crippen molar-refractivity contribution in [3.63, 3.8) is 0 Å². The fourth-order valence-electron chi connectivity index (χ4n) is 1.87. The summed E-state index contributed by atoms with van der Waals surface area (Å²) in [6.07, 6.45) is 1.67. The quantitative estimate of drug-likeness (QED) is 0.386. The van der Waals surface area contributed by atoms with Gasteiger partial charge >= 0.3 is 0 Å². The molecule has 0 aromatic heterocycles. The van der Waals surface area contributed by atoms with Crippen LogP contribution in [0.2, 0.25) is 5.02 Å². The van der Waals surface area contributed by atoms with Crippen LogP contribution in [-0.2, 0) is 0 Å². The summed E-state index contributed by atoms with van der Waals surface area (Å²) in [5.74, 6) is 0.770. The summed E-state index contributed by atoms with van der Waals surface area (Å²) >= 11 is 12.6. The van der Waals surface area contributed by atoms with E-state index in [9.17, 15) is 10.1 Å². The molecule has 116 valence electrons. The third-order valence-electron chi connectivity index (χ3n) is 2.80. The number of amidine groups is 1. The Kier molecular flexibility index (Phi) is 5.76. The molecule has 0 bridgehead atoms. The minimum Gasteiger partial charge on any atom is -0.357 e. The predicted molar refractivity (Wildman–Crippen MR) is 96.1 cm³/mol. The van der Waals surface area contributed by atoms with Gasteiger partial charge in [0.05, 0.1) is 4.92 Å². The van der Waals surface area contributed by atoms with Crippen LogP contribution < -0.4 is 10.2 Å². The molecule has 0 unspecified atom stereocenters. The zero-order valence-electron chi connectivity index (χ0n) is 11.5. The molecule has 0 saturated carbocycles. The second-order valence-electron chi connectivity index (χ2n) is 4.26. The Balaban J connectivity index is 2.33. The highest BCUT2D eigenvalue weighted by atomic mass is 35.5. The first-order valence-electron chi connectivity index (χ1n) is 6.34. The van der Waals surface area contributed by atoms with Gasteiger partial charge in [-0.25, -0.2) is 0 Å². The van der Waals surface area contributed by atoms with Gasteiger partial charge in [0.1, 0.15) is 5.69 Å². The lowest BCUT2D eigenvalue weighted by molar-refractivity contribution is -0.384. The fraction of sp³-hybridized carbons (Fsp3) is 0.231. The van der Waals surface area contributed by atoms with E-state index >= 15 is 0 Å². The van der Waals surface area contributed by atoms with Gasteiger partial charge in [0.25, 0.3) is 5.69 Å². The molecule has 22 heavy (non-hydrogen) atoms. The molecule has 1 aliphatic heterocycles. The number of rotatable bonds is 4. The largest absolute Gasteiger partial charge is 0.357 e. The number of thioether (sulfide) groups is 1. The molecule has 1 aliphatic rings. The van der Waals surface area contributed by atoms with Crippen molar-refractivity contribution in [2.24, 2.45) is 4.99 Å². The van der Waals surface area contributed by atoms with Crippen molar-refractivity contribution >= 4 is 57.2 Å². The topological polar surface area (TPSA) is 70.8 Å². The van der Waals surface area contributed by atoms with E-state index in [0.717, 1.165) is 5.75 Å². The smallest absolute Gasteiger partial charge is 0.293 e. The number of halogens is 1. The van der Waals surface area contributed by atoms with Crippen LogP contribution in [0.4, 0.5) is 11.4 Å². The molecule has 6 nitrogen and oxygen atoms in total. The molecule has 0 aliphatic carbocycles. The maximum absolute atomic E-state index is 11.2. The predicted octanol–water partition coefficient (Wildman–Crippen LogP) is 3.22. The zero-order chi connectivity index (χ0) is 16.1. The average molecular weight is 357 g/mol. The van der Waals surface area contributed by atoms with Crippen LogP contribution in [0.5, 0.6) is 0 Å². The Hall–Kier alpha value is -1.64. The number of anilines is 1. The standard InChI is InChI=1S/C13H13ClN4O2S2/c1-2-5-15-12(21)16-13-17(6-7-22-13)11-8-9(14)3-4-10(11)18(19)20/h2-4,8H,1,5-7H2,(H,15,21)/b16-13-. The third kappa shape index (κ3) is 3.96. The Labute approximate surface area is 142 Å². The Morgan fingerprint density at radius 2 is 2.45 bits per heavy atom. The number of nitro benzene ring substituents is 1. The van der Waals surface area contributed by atoms with Gasteiger partial charge in [-0.3, -0.25) is 10.1 Å². The van der Waals surface area contributed by atoms with E-state index in [0.29, 0.717) is 34.1 Å². The van der Waals surface area contributed by atoms with Gasteiger partial charge in [0.15, 0.2) is 10.3 Å². The first-order chi connectivity index (χ1) is 10.5. The van der Waals surface area contributed by atoms with E-state index in [4.69, 9.17) is 23.8 Å². The van der Waals surface area contributed by atoms with Crippen LogP contribution in [-0.4, -0.2) is 34.0 Å². The fourth-order valence-corrected chi connectivity index (χ4v) is 3.22. The van der Waals surface area contributed by atoms with Crippen LogP contribution >= 0.6 is 35.6 Å². The number of hydrogen-bond acceptors (Lipinski definition) is 4. The van der Waals surface area contributed by atoms with Crippen molar-refractivity contribution in [3.05, 3.63) is 46.0 Å². The highest BCUT2D eigenvalue weighted by Crippen LogP contribution is 2.35. The molecule has 1 N–H and O–H groups in total. The minimum absolute atomic E-state index is 0.00966. The van der Waals surface area contributed by atoms with E-state index < -0.39 is 4.92 Å². The van der Waals surface area contributed by atoms with Crippen LogP contribution in [0.25, 0.3) is 0 Å². The number of hydrogen-bond donors (Lipinski definition) is 1. The zero-order valence-corrected chi connectivity index (χ0v) is 13.9. The van der Waals surface area contributed by atoms with Gasteiger partial charge in [-0.05, 0) is 24.4 Å². The monoisotopic (exact) mass is 356 g/mol. The maximum atomic E-state index is 11.2.